The van der Waals surface area contributed by atoms with Gasteiger partial charge in [0.05, 0.1) is 0 Å². The Kier molecular flexibility index (Phi) is 1.60. The van der Waals surface area contributed by atoms with E-state index in [1.807, 2.05) is 0 Å². The monoisotopic (exact) mass is 161 g/mol. The summed E-state index contributed by atoms with van der Waals surface area (Å²) in [5, 5.41) is 3.51. The summed E-state index contributed by atoms with van der Waals surface area (Å²) in [7, 11) is 0. The van der Waals surface area contributed by atoms with E-state index in [0.717, 1.165) is 0 Å². The highest BCUT2D eigenvalue weighted by Gasteiger charge is 2.19. The van der Waals surface area contributed by atoms with Crippen molar-refractivity contribution in [1.29, 1.82) is 0 Å². The number of hydrogen-bond donors (Lipinski definition) is 1. The van der Waals surface area contributed by atoms with Crippen molar-refractivity contribution in [1.82, 2.24) is 0 Å². The minimum absolute atomic E-state index is 0.611. The quantitative estimate of drug-likeness (QED) is 0.617. The Labute approximate surface area is 73.8 Å². The molecule has 0 amide bonds. The van der Waals surface area contributed by atoms with Gasteiger partial charge in [-0.05, 0) is 43.9 Å². The zero-order chi connectivity index (χ0) is 8.72. The summed E-state index contributed by atoms with van der Waals surface area (Å²) in [5.74, 6) is 0. The molecule has 1 aromatic carbocycles. The molecular formula is C11H15N. The second-order valence-corrected chi connectivity index (χ2v) is 3.80. The van der Waals surface area contributed by atoms with Gasteiger partial charge in [0.25, 0.3) is 0 Å². The Morgan fingerprint density at radius 1 is 1.25 bits per heavy atom. The summed E-state index contributed by atoms with van der Waals surface area (Å²) in [6.07, 6.45) is 1.18. The Hall–Kier alpha value is -0.980. The van der Waals surface area contributed by atoms with Crippen LogP contribution in [0.3, 0.4) is 0 Å². The van der Waals surface area contributed by atoms with E-state index in [4.69, 9.17) is 0 Å². The zero-order valence-electron chi connectivity index (χ0n) is 7.94. The number of rotatable bonds is 0. The van der Waals surface area contributed by atoms with Gasteiger partial charge in [-0.2, -0.15) is 0 Å². The predicted molar refractivity (Wildman–Crippen MR) is 52.7 cm³/mol. The number of hydrogen-bond acceptors (Lipinski definition) is 1. The lowest BCUT2D eigenvalue weighted by atomic mass is 10.0. The molecule has 2 rings (SSSR count). The fraction of sp³-hybridized carbons (Fsp3) is 0.455. The largest absolute Gasteiger partial charge is 0.382 e. The van der Waals surface area contributed by atoms with Crippen LogP contribution in [0.1, 0.15) is 23.6 Å². The number of anilines is 1. The molecule has 1 atom stereocenters. The van der Waals surface area contributed by atoms with Gasteiger partial charge in [0, 0.05) is 11.7 Å². The molecule has 1 heteroatoms. The molecule has 1 unspecified atom stereocenters. The molecule has 0 spiro atoms. The van der Waals surface area contributed by atoms with Gasteiger partial charge in [-0.3, -0.25) is 0 Å². The molecule has 1 aromatic rings. The van der Waals surface area contributed by atoms with E-state index in [-0.39, 0.29) is 0 Å². The van der Waals surface area contributed by atoms with Gasteiger partial charge >= 0.3 is 0 Å². The summed E-state index contributed by atoms with van der Waals surface area (Å²) < 4.78 is 0. The smallest absolute Gasteiger partial charge is 0.0408 e. The zero-order valence-corrected chi connectivity index (χ0v) is 7.94. The highest BCUT2D eigenvalue weighted by atomic mass is 14.9. The molecule has 0 bridgehead atoms. The Morgan fingerprint density at radius 3 is 2.58 bits per heavy atom. The van der Waals surface area contributed by atoms with E-state index >= 15 is 0 Å². The number of benzene rings is 1. The third-order valence-electron chi connectivity index (χ3n) is 2.66. The van der Waals surface area contributed by atoms with Crippen LogP contribution in [0.25, 0.3) is 0 Å². The van der Waals surface area contributed by atoms with Gasteiger partial charge in [-0.25, -0.2) is 0 Å². The number of aryl methyl sites for hydroxylation is 2. The fourth-order valence-corrected chi connectivity index (χ4v) is 1.94. The molecule has 12 heavy (non-hydrogen) atoms. The predicted octanol–water partition coefficient (Wildman–Crippen LogP) is 2.66. The lowest BCUT2D eigenvalue weighted by Gasteiger charge is -2.06. The van der Waals surface area contributed by atoms with Gasteiger partial charge < -0.3 is 5.32 Å². The van der Waals surface area contributed by atoms with Crippen molar-refractivity contribution in [2.75, 3.05) is 5.32 Å². The SMILES string of the molecule is Cc1ccc(C)c2c1CC(C)N2. The molecule has 64 valence electrons. The first-order valence-electron chi connectivity index (χ1n) is 4.54. The van der Waals surface area contributed by atoms with Crippen molar-refractivity contribution in [3.05, 3.63) is 28.8 Å². The molecule has 0 aromatic heterocycles. The molecule has 0 aliphatic carbocycles. The van der Waals surface area contributed by atoms with E-state index in [1.165, 1.54) is 28.8 Å². The summed E-state index contributed by atoms with van der Waals surface area (Å²) in [6.45, 7) is 6.60. The van der Waals surface area contributed by atoms with E-state index in [2.05, 4.69) is 38.2 Å². The van der Waals surface area contributed by atoms with Crippen LogP contribution in [0.5, 0.6) is 0 Å². The fourth-order valence-electron chi connectivity index (χ4n) is 1.94. The van der Waals surface area contributed by atoms with Gasteiger partial charge in [0.15, 0.2) is 0 Å². The molecule has 1 aliphatic rings. The maximum absolute atomic E-state index is 3.51. The van der Waals surface area contributed by atoms with Crippen molar-refractivity contribution in [2.45, 2.75) is 33.2 Å². The first-order valence-corrected chi connectivity index (χ1v) is 4.54. The maximum Gasteiger partial charge on any atom is 0.0408 e. The molecule has 0 fully saturated rings. The molecular weight excluding hydrogens is 146 g/mol. The van der Waals surface area contributed by atoms with Gasteiger partial charge in [-0.1, -0.05) is 12.1 Å². The summed E-state index contributed by atoms with van der Waals surface area (Å²) in [5.41, 5.74) is 5.69. The molecule has 1 heterocycles. The van der Waals surface area contributed by atoms with Crippen molar-refractivity contribution in [2.24, 2.45) is 0 Å². The lowest BCUT2D eigenvalue weighted by Crippen LogP contribution is -2.08. The highest BCUT2D eigenvalue weighted by molar-refractivity contribution is 5.64. The molecule has 1 N–H and O–H groups in total. The van der Waals surface area contributed by atoms with Crippen LogP contribution in [-0.4, -0.2) is 6.04 Å². The molecule has 0 radical (unpaired) electrons. The highest BCUT2D eigenvalue weighted by Crippen LogP contribution is 2.31. The van der Waals surface area contributed by atoms with Crippen molar-refractivity contribution in [3.8, 4) is 0 Å². The topological polar surface area (TPSA) is 12.0 Å². The van der Waals surface area contributed by atoms with E-state index in [1.54, 1.807) is 0 Å². The van der Waals surface area contributed by atoms with E-state index in [0.29, 0.717) is 6.04 Å². The normalized spacial score (nSPS) is 20.4. The minimum atomic E-state index is 0.611. The third kappa shape index (κ3) is 1.01. The van der Waals surface area contributed by atoms with Crippen LogP contribution in [-0.2, 0) is 6.42 Å². The average Bonchev–Trinajstić information content (AvgIpc) is 2.41. The van der Waals surface area contributed by atoms with Gasteiger partial charge in [-0.15, -0.1) is 0 Å². The van der Waals surface area contributed by atoms with Gasteiger partial charge in [0.2, 0.25) is 0 Å². The van der Waals surface area contributed by atoms with Crippen molar-refractivity contribution >= 4 is 5.69 Å². The van der Waals surface area contributed by atoms with Crippen LogP contribution in [0.2, 0.25) is 0 Å². The van der Waals surface area contributed by atoms with Crippen LogP contribution >= 0.6 is 0 Å². The summed E-state index contributed by atoms with van der Waals surface area (Å²) in [4.78, 5) is 0. The number of nitrogens with one attached hydrogen (secondary N) is 1. The van der Waals surface area contributed by atoms with E-state index < -0.39 is 0 Å². The van der Waals surface area contributed by atoms with Gasteiger partial charge in [0.1, 0.15) is 0 Å². The Balaban J connectivity index is 2.56. The first-order chi connectivity index (χ1) is 5.68. The van der Waals surface area contributed by atoms with Crippen LogP contribution < -0.4 is 5.32 Å². The van der Waals surface area contributed by atoms with E-state index in [9.17, 15) is 0 Å². The van der Waals surface area contributed by atoms with Crippen LogP contribution in [0.4, 0.5) is 5.69 Å². The Bertz CT molecular complexity index is 284. The first kappa shape index (κ1) is 7.66. The molecule has 1 aliphatic heterocycles. The molecule has 0 saturated carbocycles. The maximum atomic E-state index is 3.51. The summed E-state index contributed by atoms with van der Waals surface area (Å²) >= 11 is 0. The average molecular weight is 161 g/mol. The van der Waals surface area contributed by atoms with Crippen LogP contribution in [0.15, 0.2) is 12.1 Å². The second-order valence-electron chi connectivity index (χ2n) is 3.80. The summed E-state index contributed by atoms with van der Waals surface area (Å²) in [6, 6.07) is 5.02. The molecule has 1 nitrogen and oxygen atoms in total. The second kappa shape index (κ2) is 2.51. The Morgan fingerprint density at radius 2 is 1.92 bits per heavy atom. The number of fused-ring (bicyclic) bond motifs is 1. The van der Waals surface area contributed by atoms with Crippen molar-refractivity contribution < 1.29 is 0 Å². The third-order valence-corrected chi connectivity index (χ3v) is 2.66. The van der Waals surface area contributed by atoms with Crippen molar-refractivity contribution in [3.63, 3.8) is 0 Å². The lowest BCUT2D eigenvalue weighted by molar-refractivity contribution is 0.836. The van der Waals surface area contributed by atoms with Crippen LogP contribution in [0, 0.1) is 13.8 Å². The molecule has 0 saturated heterocycles. The standard InChI is InChI=1S/C11H15N/c1-7-4-5-8(2)11-10(7)6-9(3)12-11/h4-5,9,12H,6H2,1-3H3. The minimum Gasteiger partial charge on any atom is -0.382 e.